The van der Waals surface area contributed by atoms with E-state index in [1.807, 2.05) is 0 Å². The number of nitrogens with zero attached hydrogens (tertiary/aromatic N) is 1. The summed E-state index contributed by atoms with van der Waals surface area (Å²) in [6.07, 6.45) is 0.754. The van der Waals surface area contributed by atoms with Gasteiger partial charge in [0.05, 0.1) is 54.0 Å². The molecule has 0 saturated heterocycles. The molecule has 0 amide bonds. The van der Waals surface area contributed by atoms with Crippen LogP contribution in [0.4, 0.5) is 0 Å². The Bertz CT molecular complexity index is 1080. The van der Waals surface area contributed by atoms with Gasteiger partial charge in [-0.05, 0) is 36.4 Å². The van der Waals surface area contributed by atoms with Crippen molar-refractivity contribution < 1.29 is 33.2 Å². The van der Waals surface area contributed by atoms with Gasteiger partial charge in [0.25, 0.3) is 0 Å². The molecule has 0 aliphatic rings. The molecule has 1 aromatic heterocycles. The lowest BCUT2D eigenvalue weighted by Crippen LogP contribution is -1.99. The van der Waals surface area contributed by atoms with E-state index in [0.717, 1.165) is 11.8 Å². The zero-order valence-electron chi connectivity index (χ0n) is 18.8. The lowest BCUT2D eigenvalue weighted by atomic mass is 10.0. The van der Waals surface area contributed by atoms with Crippen molar-refractivity contribution in [3.05, 3.63) is 42.0 Å². The Balaban J connectivity index is 2.23. The number of carbonyl (C=O) groups excluding carboxylic acids is 1. The number of ether oxygens (including phenoxy) is 6. The van der Waals surface area contributed by atoms with Crippen LogP contribution in [0.3, 0.4) is 0 Å². The SMILES string of the molecule is COc1cc(-c2ccc(C=O)c(-c3cc(OC)c(OC)c(OC)c3)n2)cc(OC)c1OC. The Morgan fingerprint density at radius 1 is 0.625 bits per heavy atom. The average Bonchev–Trinajstić information content (AvgIpc) is 2.86. The topological polar surface area (TPSA) is 85.3 Å². The van der Waals surface area contributed by atoms with Crippen LogP contribution in [0.1, 0.15) is 10.4 Å². The number of hydrogen-bond donors (Lipinski definition) is 0. The summed E-state index contributed by atoms with van der Waals surface area (Å²) >= 11 is 0. The van der Waals surface area contributed by atoms with E-state index in [1.165, 1.54) is 21.3 Å². The third-order valence-corrected chi connectivity index (χ3v) is 4.95. The average molecular weight is 439 g/mol. The number of pyridine rings is 1. The molecule has 0 atom stereocenters. The second-order valence-corrected chi connectivity index (χ2v) is 6.58. The van der Waals surface area contributed by atoms with Crippen molar-refractivity contribution in [2.75, 3.05) is 42.7 Å². The van der Waals surface area contributed by atoms with Gasteiger partial charge in [-0.15, -0.1) is 0 Å². The molecule has 3 rings (SSSR count). The highest BCUT2D eigenvalue weighted by molar-refractivity contribution is 5.88. The molecular formula is C24H25NO7. The maximum absolute atomic E-state index is 11.8. The molecule has 0 radical (unpaired) electrons. The first kappa shape index (κ1) is 22.7. The van der Waals surface area contributed by atoms with Crippen molar-refractivity contribution in [2.45, 2.75) is 0 Å². The number of aldehydes is 1. The molecule has 8 nitrogen and oxygen atoms in total. The smallest absolute Gasteiger partial charge is 0.203 e. The van der Waals surface area contributed by atoms with Crippen LogP contribution in [0.15, 0.2) is 36.4 Å². The van der Waals surface area contributed by atoms with E-state index in [1.54, 1.807) is 57.7 Å². The molecule has 0 N–H and O–H groups in total. The number of carbonyl (C=O) groups is 1. The molecule has 0 spiro atoms. The van der Waals surface area contributed by atoms with E-state index in [2.05, 4.69) is 0 Å². The van der Waals surface area contributed by atoms with Crippen molar-refractivity contribution in [3.8, 4) is 57.0 Å². The van der Waals surface area contributed by atoms with Crippen molar-refractivity contribution >= 4 is 6.29 Å². The van der Waals surface area contributed by atoms with Gasteiger partial charge < -0.3 is 28.4 Å². The summed E-state index contributed by atoms with van der Waals surface area (Å²) in [5.74, 6) is 2.84. The van der Waals surface area contributed by atoms with Crippen molar-refractivity contribution in [2.24, 2.45) is 0 Å². The highest BCUT2D eigenvalue weighted by Crippen LogP contribution is 2.43. The van der Waals surface area contributed by atoms with Crippen LogP contribution in [0.25, 0.3) is 22.5 Å². The molecule has 8 heteroatoms. The first-order valence-electron chi connectivity index (χ1n) is 9.62. The van der Waals surface area contributed by atoms with E-state index < -0.39 is 0 Å². The minimum absolute atomic E-state index is 0.412. The predicted molar refractivity (Wildman–Crippen MR) is 120 cm³/mol. The first-order chi connectivity index (χ1) is 15.5. The normalized spacial score (nSPS) is 10.3. The van der Waals surface area contributed by atoms with Gasteiger partial charge in [0.1, 0.15) is 0 Å². The van der Waals surface area contributed by atoms with Gasteiger partial charge >= 0.3 is 0 Å². The summed E-state index contributed by atoms with van der Waals surface area (Å²) in [5.41, 5.74) is 2.85. The van der Waals surface area contributed by atoms with E-state index in [4.69, 9.17) is 33.4 Å². The van der Waals surface area contributed by atoms with Crippen LogP contribution >= 0.6 is 0 Å². The quantitative estimate of drug-likeness (QED) is 0.457. The lowest BCUT2D eigenvalue weighted by Gasteiger charge is -2.16. The van der Waals surface area contributed by atoms with Gasteiger partial charge in [0.2, 0.25) is 11.5 Å². The summed E-state index contributed by atoms with van der Waals surface area (Å²) in [6, 6.07) is 10.5. The largest absolute Gasteiger partial charge is 0.493 e. The second kappa shape index (κ2) is 9.91. The highest BCUT2D eigenvalue weighted by Gasteiger charge is 2.19. The molecule has 0 aliphatic carbocycles. The van der Waals surface area contributed by atoms with Crippen molar-refractivity contribution in [1.29, 1.82) is 0 Å². The van der Waals surface area contributed by atoms with Crippen LogP contribution in [0.2, 0.25) is 0 Å². The fraction of sp³-hybridized carbons (Fsp3) is 0.250. The van der Waals surface area contributed by atoms with E-state index in [0.29, 0.717) is 57.0 Å². The van der Waals surface area contributed by atoms with Gasteiger partial charge in [-0.3, -0.25) is 4.79 Å². The molecule has 2 aromatic carbocycles. The van der Waals surface area contributed by atoms with Crippen LogP contribution in [-0.2, 0) is 0 Å². The number of aromatic nitrogens is 1. The number of benzene rings is 2. The Morgan fingerprint density at radius 2 is 1.06 bits per heavy atom. The van der Waals surface area contributed by atoms with Gasteiger partial charge in [0, 0.05) is 16.7 Å². The Morgan fingerprint density at radius 3 is 1.44 bits per heavy atom. The molecule has 0 bridgehead atoms. The third kappa shape index (κ3) is 4.12. The summed E-state index contributed by atoms with van der Waals surface area (Å²) < 4.78 is 32.6. The summed E-state index contributed by atoms with van der Waals surface area (Å²) in [5, 5.41) is 0. The summed E-state index contributed by atoms with van der Waals surface area (Å²) in [7, 11) is 9.22. The van der Waals surface area contributed by atoms with Gasteiger partial charge in [-0.1, -0.05) is 0 Å². The minimum Gasteiger partial charge on any atom is -0.493 e. The maximum atomic E-state index is 11.8. The van der Waals surface area contributed by atoms with Gasteiger partial charge in [-0.2, -0.15) is 0 Å². The van der Waals surface area contributed by atoms with Crippen molar-refractivity contribution in [1.82, 2.24) is 4.98 Å². The first-order valence-corrected chi connectivity index (χ1v) is 9.62. The zero-order chi connectivity index (χ0) is 23.3. The summed E-state index contributed by atoms with van der Waals surface area (Å²) in [6.45, 7) is 0. The standard InChI is InChI=1S/C24H25NO7/c1-27-18-9-15(10-19(28-2)23(18)31-5)17-8-7-14(13-26)22(25-17)16-11-20(29-3)24(32-6)21(12-16)30-4/h7-13H,1-6H3. The minimum atomic E-state index is 0.412. The van der Waals surface area contributed by atoms with Crippen LogP contribution in [0.5, 0.6) is 34.5 Å². The van der Waals surface area contributed by atoms with E-state index in [-0.39, 0.29) is 0 Å². The molecule has 0 fully saturated rings. The molecule has 32 heavy (non-hydrogen) atoms. The van der Waals surface area contributed by atoms with E-state index in [9.17, 15) is 4.79 Å². The predicted octanol–water partition coefficient (Wildman–Crippen LogP) is 4.28. The molecule has 3 aromatic rings. The van der Waals surface area contributed by atoms with E-state index >= 15 is 0 Å². The number of rotatable bonds is 9. The van der Waals surface area contributed by atoms with Crippen molar-refractivity contribution in [3.63, 3.8) is 0 Å². The molecule has 0 saturated carbocycles. The van der Waals surface area contributed by atoms with Gasteiger partial charge in [0.15, 0.2) is 29.3 Å². The molecule has 0 unspecified atom stereocenters. The second-order valence-electron chi connectivity index (χ2n) is 6.58. The van der Waals surface area contributed by atoms with Crippen LogP contribution < -0.4 is 28.4 Å². The fourth-order valence-electron chi connectivity index (χ4n) is 3.40. The van der Waals surface area contributed by atoms with Crippen LogP contribution in [-0.4, -0.2) is 53.9 Å². The lowest BCUT2D eigenvalue weighted by molar-refractivity contribution is 0.112. The monoisotopic (exact) mass is 439 g/mol. The van der Waals surface area contributed by atoms with Gasteiger partial charge in [-0.25, -0.2) is 4.98 Å². The molecule has 168 valence electrons. The molecular weight excluding hydrogens is 414 g/mol. The summed E-state index contributed by atoms with van der Waals surface area (Å²) in [4.78, 5) is 16.5. The highest BCUT2D eigenvalue weighted by atomic mass is 16.5. The number of hydrogen-bond acceptors (Lipinski definition) is 8. The van der Waals surface area contributed by atoms with Crippen LogP contribution in [0, 0.1) is 0 Å². The molecule has 0 aliphatic heterocycles. The zero-order valence-corrected chi connectivity index (χ0v) is 18.8. The maximum Gasteiger partial charge on any atom is 0.203 e. The number of methoxy groups -OCH3 is 6. The Labute approximate surface area is 186 Å². The fourth-order valence-corrected chi connectivity index (χ4v) is 3.40. The Kier molecular flexibility index (Phi) is 7.04. The molecule has 1 heterocycles. The Hall–Kier alpha value is -3.94. The third-order valence-electron chi connectivity index (χ3n) is 4.95.